The third kappa shape index (κ3) is 9.64. The van der Waals surface area contributed by atoms with E-state index in [1.807, 2.05) is 17.0 Å². The Hall–Kier alpha value is -1.55. The fourth-order valence-corrected chi connectivity index (χ4v) is 3.11. The molecule has 31 heavy (non-hydrogen) atoms. The zero-order chi connectivity index (χ0) is 22.3. The molecule has 0 unspecified atom stereocenters. The van der Waals surface area contributed by atoms with Crippen LogP contribution >= 0.6 is 0 Å². The Morgan fingerprint density at radius 3 is 1.68 bits per heavy atom. The molecule has 1 saturated heterocycles. The lowest BCUT2D eigenvalue weighted by Crippen LogP contribution is -2.35. The van der Waals surface area contributed by atoms with Gasteiger partial charge in [-0.05, 0) is 17.5 Å². The molecule has 1 aliphatic heterocycles. The van der Waals surface area contributed by atoms with Crippen molar-refractivity contribution in [3.05, 3.63) is 39.5 Å². The minimum atomic E-state index is -0.294. The summed E-state index contributed by atoms with van der Waals surface area (Å²) >= 11 is 0. The van der Waals surface area contributed by atoms with Crippen LogP contribution in [-0.2, 0) is 30.3 Å². The summed E-state index contributed by atoms with van der Waals surface area (Å²) in [6.07, 6.45) is 0. The van der Waals surface area contributed by atoms with E-state index in [0.717, 1.165) is 5.56 Å². The lowest BCUT2D eigenvalue weighted by molar-refractivity contribution is -0.0116. The summed E-state index contributed by atoms with van der Waals surface area (Å²) in [7, 11) is 0. The molecular formula is C23H37NO7. The summed E-state index contributed by atoms with van der Waals surface area (Å²) in [6.45, 7) is 9.83. The SMILES string of the molecule is CC(C)c1ccc(CO)c(=O)c(N2CCOCCOCCOCCOCCOCC2)c1. The molecule has 1 aromatic carbocycles. The molecule has 1 aromatic rings. The second kappa shape index (κ2) is 15.3. The summed E-state index contributed by atoms with van der Waals surface area (Å²) in [4.78, 5) is 15.0. The topological polar surface area (TPSA) is 86.7 Å². The molecule has 1 aliphatic rings. The number of hydrogen-bond donors (Lipinski definition) is 1. The normalized spacial score (nSPS) is 19.0. The van der Waals surface area contributed by atoms with Crippen LogP contribution in [0.15, 0.2) is 23.0 Å². The van der Waals surface area contributed by atoms with Crippen molar-refractivity contribution in [2.24, 2.45) is 0 Å². The molecule has 0 amide bonds. The van der Waals surface area contributed by atoms with Crippen molar-refractivity contribution in [2.75, 3.05) is 84.1 Å². The van der Waals surface area contributed by atoms with Gasteiger partial charge in [-0.15, -0.1) is 0 Å². The maximum atomic E-state index is 13.1. The number of aliphatic hydroxyl groups is 1. The predicted molar refractivity (Wildman–Crippen MR) is 119 cm³/mol. The summed E-state index contributed by atoms with van der Waals surface area (Å²) in [6, 6.07) is 5.55. The van der Waals surface area contributed by atoms with Gasteiger partial charge in [0.1, 0.15) is 0 Å². The second-order valence-electron chi connectivity index (χ2n) is 7.58. The Bertz CT molecular complexity index is 665. The number of nitrogens with zero attached hydrogens (tertiary/aromatic N) is 1. The largest absolute Gasteiger partial charge is 0.392 e. The third-order valence-corrected chi connectivity index (χ3v) is 4.98. The van der Waals surface area contributed by atoms with E-state index in [2.05, 4.69) is 13.8 Å². The number of anilines is 1. The molecule has 8 nitrogen and oxygen atoms in total. The number of ether oxygens (including phenoxy) is 5. The molecular weight excluding hydrogens is 402 g/mol. The van der Waals surface area contributed by atoms with E-state index in [0.29, 0.717) is 90.4 Å². The van der Waals surface area contributed by atoms with E-state index >= 15 is 0 Å². The van der Waals surface area contributed by atoms with E-state index in [9.17, 15) is 9.90 Å². The fraction of sp³-hybridized carbons (Fsp3) is 0.696. The van der Waals surface area contributed by atoms with Crippen molar-refractivity contribution in [1.29, 1.82) is 0 Å². The van der Waals surface area contributed by atoms with Crippen LogP contribution in [0.2, 0.25) is 0 Å². The molecule has 0 aliphatic carbocycles. The van der Waals surface area contributed by atoms with E-state index in [1.165, 1.54) is 0 Å². The van der Waals surface area contributed by atoms with Gasteiger partial charge in [-0.2, -0.15) is 0 Å². The maximum Gasteiger partial charge on any atom is 0.207 e. The molecule has 0 atom stereocenters. The molecule has 0 radical (unpaired) electrons. The maximum absolute atomic E-state index is 13.1. The molecule has 8 heteroatoms. The lowest BCUT2D eigenvalue weighted by atomic mass is 10.1. The molecule has 2 rings (SSSR count). The van der Waals surface area contributed by atoms with Crippen LogP contribution in [0.4, 0.5) is 5.69 Å². The van der Waals surface area contributed by atoms with Crippen LogP contribution in [0, 0.1) is 0 Å². The van der Waals surface area contributed by atoms with Crippen LogP contribution in [-0.4, -0.2) is 84.3 Å². The first-order valence-electron chi connectivity index (χ1n) is 11.0. The quantitative estimate of drug-likeness (QED) is 0.760. The van der Waals surface area contributed by atoms with Gasteiger partial charge in [0.05, 0.1) is 78.4 Å². The minimum absolute atomic E-state index is 0.164. The zero-order valence-corrected chi connectivity index (χ0v) is 18.8. The van der Waals surface area contributed by atoms with Crippen LogP contribution < -0.4 is 10.3 Å². The molecule has 176 valence electrons. The average Bonchev–Trinajstić information content (AvgIpc) is 2.92. The van der Waals surface area contributed by atoms with E-state index in [1.54, 1.807) is 6.07 Å². The molecule has 1 fully saturated rings. The highest BCUT2D eigenvalue weighted by Crippen LogP contribution is 2.19. The number of aliphatic hydroxyl groups excluding tert-OH is 1. The molecule has 0 bridgehead atoms. The summed E-state index contributed by atoms with van der Waals surface area (Å²) in [5, 5.41) is 9.68. The Morgan fingerprint density at radius 1 is 0.806 bits per heavy atom. The van der Waals surface area contributed by atoms with Crippen LogP contribution in [0.1, 0.15) is 30.9 Å². The van der Waals surface area contributed by atoms with Gasteiger partial charge in [0, 0.05) is 18.7 Å². The van der Waals surface area contributed by atoms with Crippen molar-refractivity contribution in [1.82, 2.24) is 0 Å². The lowest BCUT2D eigenvalue weighted by Gasteiger charge is -2.24. The fourth-order valence-electron chi connectivity index (χ4n) is 3.11. The third-order valence-electron chi connectivity index (χ3n) is 4.98. The highest BCUT2D eigenvalue weighted by atomic mass is 16.6. The Balaban J connectivity index is 2.13. The molecule has 0 aromatic heterocycles. The highest BCUT2D eigenvalue weighted by molar-refractivity contribution is 5.50. The first kappa shape index (κ1) is 25.7. The molecule has 1 N–H and O–H groups in total. The predicted octanol–water partition coefficient (Wildman–Crippen LogP) is 1.57. The van der Waals surface area contributed by atoms with Crippen molar-refractivity contribution in [2.45, 2.75) is 26.4 Å². The molecule has 1 heterocycles. The Morgan fingerprint density at radius 2 is 1.26 bits per heavy atom. The van der Waals surface area contributed by atoms with Crippen molar-refractivity contribution < 1.29 is 28.8 Å². The second-order valence-corrected chi connectivity index (χ2v) is 7.58. The van der Waals surface area contributed by atoms with Crippen molar-refractivity contribution in [3.63, 3.8) is 0 Å². The van der Waals surface area contributed by atoms with Crippen LogP contribution in [0.3, 0.4) is 0 Å². The molecule has 0 saturated carbocycles. The van der Waals surface area contributed by atoms with E-state index in [-0.39, 0.29) is 18.0 Å². The summed E-state index contributed by atoms with van der Waals surface area (Å²) < 4.78 is 27.8. The van der Waals surface area contributed by atoms with Gasteiger partial charge < -0.3 is 33.7 Å². The van der Waals surface area contributed by atoms with Gasteiger partial charge in [0.15, 0.2) is 0 Å². The Labute approximate surface area is 185 Å². The zero-order valence-electron chi connectivity index (χ0n) is 18.8. The van der Waals surface area contributed by atoms with Gasteiger partial charge in [0.25, 0.3) is 0 Å². The van der Waals surface area contributed by atoms with E-state index in [4.69, 9.17) is 23.7 Å². The van der Waals surface area contributed by atoms with Crippen LogP contribution in [0.25, 0.3) is 0 Å². The standard InChI is InChI=1S/C23H37NO7/c1-19(2)20-3-4-21(18-25)23(26)22(17-20)24-5-7-27-9-11-29-13-15-31-16-14-30-12-10-28-8-6-24/h3-4,17,19,25H,5-16,18H2,1-2H3. The number of rotatable bonds is 3. The Kier molecular flexibility index (Phi) is 12.7. The average molecular weight is 440 g/mol. The van der Waals surface area contributed by atoms with Crippen LogP contribution in [0.5, 0.6) is 0 Å². The van der Waals surface area contributed by atoms with Gasteiger partial charge in [-0.1, -0.05) is 26.0 Å². The van der Waals surface area contributed by atoms with Crippen molar-refractivity contribution in [3.8, 4) is 0 Å². The minimum Gasteiger partial charge on any atom is -0.392 e. The van der Waals surface area contributed by atoms with Gasteiger partial charge in [-0.3, -0.25) is 4.79 Å². The number of hydrogen-bond acceptors (Lipinski definition) is 8. The summed E-state index contributed by atoms with van der Waals surface area (Å²) in [5.41, 5.74) is 1.82. The smallest absolute Gasteiger partial charge is 0.207 e. The van der Waals surface area contributed by atoms with Gasteiger partial charge >= 0.3 is 0 Å². The monoisotopic (exact) mass is 439 g/mol. The molecule has 0 spiro atoms. The van der Waals surface area contributed by atoms with Gasteiger partial charge in [0.2, 0.25) is 5.43 Å². The first-order chi connectivity index (χ1) is 15.1. The van der Waals surface area contributed by atoms with Crippen molar-refractivity contribution >= 4 is 5.69 Å². The van der Waals surface area contributed by atoms with E-state index < -0.39 is 0 Å². The van der Waals surface area contributed by atoms with Gasteiger partial charge in [-0.25, -0.2) is 0 Å². The summed E-state index contributed by atoms with van der Waals surface area (Å²) in [5.74, 6) is 0.253. The first-order valence-corrected chi connectivity index (χ1v) is 11.0. The highest BCUT2D eigenvalue weighted by Gasteiger charge is 2.14.